The molecule has 1 aliphatic rings. The molecule has 2 N–H and O–H groups in total. The average molecular weight is 184 g/mol. The summed E-state index contributed by atoms with van der Waals surface area (Å²) >= 11 is 0. The van der Waals surface area contributed by atoms with Crippen molar-refractivity contribution in [1.29, 1.82) is 0 Å². The van der Waals surface area contributed by atoms with Crippen LogP contribution in [0.4, 0.5) is 0 Å². The van der Waals surface area contributed by atoms with Crippen molar-refractivity contribution >= 4 is 5.91 Å². The lowest BCUT2D eigenvalue weighted by Gasteiger charge is -2.28. The summed E-state index contributed by atoms with van der Waals surface area (Å²) in [5, 5.41) is 0. The lowest BCUT2D eigenvalue weighted by atomic mass is 9.96. The molecule has 1 amide bonds. The Labute approximate surface area is 80.3 Å². The number of hydrogen-bond acceptors (Lipinski definition) is 2. The minimum absolute atomic E-state index is 0.0943. The molecule has 1 aliphatic carbocycles. The van der Waals surface area contributed by atoms with Crippen molar-refractivity contribution in [3.63, 3.8) is 0 Å². The Morgan fingerprint density at radius 3 is 2.54 bits per heavy atom. The fourth-order valence-corrected chi connectivity index (χ4v) is 1.66. The number of amides is 1. The maximum Gasteiger partial charge on any atom is 0.242 e. The second kappa shape index (κ2) is 3.66. The summed E-state index contributed by atoms with van der Waals surface area (Å²) in [4.78, 5) is 13.7. The van der Waals surface area contributed by atoms with E-state index in [1.54, 1.807) is 0 Å². The minimum atomic E-state index is -0.661. The number of likely N-dealkylation sites (N-methyl/N-ethyl adjacent to an activating group) is 1. The number of carbonyl (C=O) groups excluding carboxylic acids is 1. The Kier molecular flexibility index (Phi) is 2.96. The lowest BCUT2D eigenvalue weighted by molar-refractivity contribution is -0.135. The van der Waals surface area contributed by atoms with E-state index in [-0.39, 0.29) is 5.91 Å². The largest absolute Gasteiger partial charge is 0.341 e. The average Bonchev–Trinajstić information content (AvgIpc) is 2.84. The molecule has 0 aromatic heterocycles. The number of nitrogens with zero attached hydrogens (tertiary/aromatic N) is 1. The van der Waals surface area contributed by atoms with Gasteiger partial charge in [0, 0.05) is 13.1 Å². The third kappa shape index (κ3) is 2.44. The summed E-state index contributed by atoms with van der Waals surface area (Å²) in [5.41, 5.74) is 5.29. The van der Waals surface area contributed by atoms with Gasteiger partial charge in [-0.05, 0) is 26.2 Å². The summed E-state index contributed by atoms with van der Waals surface area (Å²) in [6.07, 6.45) is 4.01. The van der Waals surface area contributed by atoms with Crippen LogP contribution in [0.25, 0.3) is 0 Å². The van der Waals surface area contributed by atoms with Crippen LogP contribution in [0.3, 0.4) is 0 Å². The summed E-state index contributed by atoms with van der Waals surface area (Å²) < 4.78 is 0. The number of hydrogen-bond donors (Lipinski definition) is 1. The van der Waals surface area contributed by atoms with Gasteiger partial charge in [0.25, 0.3) is 0 Å². The molecule has 3 nitrogen and oxygen atoms in total. The van der Waals surface area contributed by atoms with Gasteiger partial charge in [0.2, 0.25) is 5.91 Å². The zero-order valence-corrected chi connectivity index (χ0v) is 8.84. The van der Waals surface area contributed by atoms with Crippen molar-refractivity contribution in [3.8, 4) is 0 Å². The van der Waals surface area contributed by atoms with Gasteiger partial charge in [0.1, 0.15) is 0 Å². The van der Waals surface area contributed by atoms with E-state index in [1.807, 2.05) is 18.9 Å². The monoisotopic (exact) mass is 184 g/mol. The highest BCUT2D eigenvalue weighted by Gasteiger charge is 2.37. The van der Waals surface area contributed by atoms with Crippen molar-refractivity contribution in [1.82, 2.24) is 4.90 Å². The molecule has 3 heteroatoms. The molecule has 0 saturated heterocycles. The molecule has 0 heterocycles. The van der Waals surface area contributed by atoms with E-state index in [0.29, 0.717) is 6.04 Å². The van der Waals surface area contributed by atoms with Crippen molar-refractivity contribution in [2.24, 2.45) is 5.73 Å². The maximum absolute atomic E-state index is 11.8. The molecule has 0 spiro atoms. The molecule has 1 unspecified atom stereocenters. The van der Waals surface area contributed by atoms with Gasteiger partial charge in [-0.2, -0.15) is 0 Å². The Morgan fingerprint density at radius 2 is 2.15 bits per heavy atom. The predicted molar refractivity (Wildman–Crippen MR) is 53.3 cm³/mol. The Hall–Kier alpha value is -0.570. The SMILES string of the molecule is CCCC(C)(N)C(=O)N(C)C1CC1. The molecule has 1 fully saturated rings. The van der Waals surface area contributed by atoms with Crippen LogP contribution in [-0.4, -0.2) is 29.4 Å². The summed E-state index contributed by atoms with van der Waals surface area (Å²) in [6.45, 7) is 3.88. The minimum Gasteiger partial charge on any atom is -0.341 e. The van der Waals surface area contributed by atoms with Crippen LogP contribution in [0.2, 0.25) is 0 Å². The van der Waals surface area contributed by atoms with E-state index in [4.69, 9.17) is 5.73 Å². The Morgan fingerprint density at radius 1 is 1.62 bits per heavy atom. The topological polar surface area (TPSA) is 46.3 Å². The number of nitrogens with two attached hydrogens (primary N) is 1. The number of carbonyl (C=O) groups is 1. The predicted octanol–water partition coefficient (Wildman–Crippen LogP) is 1.12. The smallest absolute Gasteiger partial charge is 0.242 e. The molecular weight excluding hydrogens is 164 g/mol. The Balaban J connectivity index is 2.53. The van der Waals surface area contributed by atoms with E-state index < -0.39 is 5.54 Å². The second-order valence-electron chi connectivity index (χ2n) is 4.31. The molecule has 0 radical (unpaired) electrons. The second-order valence-corrected chi connectivity index (χ2v) is 4.31. The fraction of sp³-hybridized carbons (Fsp3) is 0.900. The normalized spacial score (nSPS) is 20.9. The quantitative estimate of drug-likeness (QED) is 0.711. The van der Waals surface area contributed by atoms with Gasteiger partial charge in [-0.25, -0.2) is 0 Å². The van der Waals surface area contributed by atoms with Gasteiger partial charge in [-0.1, -0.05) is 13.3 Å². The first-order chi connectivity index (χ1) is 5.99. The van der Waals surface area contributed by atoms with Crippen LogP contribution >= 0.6 is 0 Å². The standard InChI is InChI=1S/C10H20N2O/c1-4-7-10(2,11)9(13)12(3)8-5-6-8/h8H,4-7,11H2,1-3H3. The highest BCUT2D eigenvalue weighted by atomic mass is 16.2. The summed E-state index contributed by atoms with van der Waals surface area (Å²) in [5.74, 6) is 0.0943. The zero-order valence-electron chi connectivity index (χ0n) is 8.84. The van der Waals surface area contributed by atoms with Crippen LogP contribution in [-0.2, 0) is 4.79 Å². The Bertz CT molecular complexity index is 197. The van der Waals surface area contributed by atoms with E-state index >= 15 is 0 Å². The highest BCUT2D eigenvalue weighted by Crippen LogP contribution is 2.27. The van der Waals surface area contributed by atoms with Crippen LogP contribution in [0.5, 0.6) is 0 Å². The van der Waals surface area contributed by atoms with Crippen LogP contribution < -0.4 is 5.73 Å². The van der Waals surface area contributed by atoms with Gasteiger partial charge in [-0.15, -0.1) is 0 Å². The fourth-order valence-electron chi connectivity index (χ4n) is 1.66. The molecule has 0 aromatic rings. The molecule has 76 valence electrons. The first kappa shape index (κ1) is 10.5. The molecule has 1 atom stereocenters. The van der Waals surface area contributed by atoms with Gasteiger partial charge < -0.3 is 10.6 Å². The zero-order chi connectivity index (χ0) is 10.1. The van der Waals surface area contributed by atoms with Crippen molar-refractivity contribution in [2.75, 3.05) is 7.05 Å². The van der Waals surface area contributed by atoms with E-state index in [0.717, 1.165) is 25.7 Å². The highest BCUT2D eigenvalue weighted by molar-refractivity contribution is 5.85. The van der Waals surface area contributed by atoms with Crippen LogP contribution in [0.1, 0.15) is 39.5 Å². The summed E-state index contributed by atoms with van der Waals surface area (Å²) in [6, 6.07) is 0.465. The van der Waals surface area contributed by atoms with E-state index in [1.165, 1.54) is 0 Å². The third-order valence-electron chi connectivity index (χ3n) is 2.67. The first-order valence-electron chi connectivity index (χ1n) is 5.05. The van der Waals surface area contributed by atoms with Crippen LogP contribution in [0.15, 0.2) is 0 Å². The number of rotatable bonds is 4. The molecule has 0 aromatic carbocycles. The molecule has 1 saturated carbocycles. The van der Waals surface area contributed by atoms with Crippen LogP contribution in [0, 0.1) is 0 Å². The third-order valence-corrected chi connectivity index (χ3v) is 2.67. The van der Waals surface area contributed by atoms with E-state index in [9.17, 15) is 4.79 Å². The van der Waals surface area contributed by atoms with Gasteiger partial charge in [0.15, 0.2) is 0 Å². The maximum atomic E-state index is 11.8. The molecule has 1 rings (SSSR count). The van der Waals surface area contributed by atoms with Gasteiger partial charge in [0.05, 0.1) is 5.54 Å². The van der Waals surface area contributed by atoms with E-state index in [2.05, 4.69) is 6.92 Å². The van der Waals surface area contributed by atoms with Gasteiger partial charge in [-0.3, -0.25) is 4.79 Å². The molecular formula is C10H20N2O. The molecule has 13 heavy (non-hydrogen) atoms. The first-order valence-corrected chi connectivity index (χ1v) is 5.05. The summed E-state index contributed by atoms with van der Waals surface area (Å²) in [7, 11) is 1.86. The lowest BCUT2D eigenvalue weighted by Crippen LogP contribution is -2.52. The molecule has 0 bridgehead atoms. The van der Waals surface area contributed by atoms with Crippen molar-refractivity contribution < 1.29 is 4.79 Å². The van der Waals surface area contributed by atoms with Gasteiger partial charge >= 0.3 is 0 Å². The van der Waals surface area contributed by atoms with Crippen molar-refractivity contribution in [2.45, 2.75) is 51.1 Å². The van der Waals surface area contributed by atoms with Crippen molar-refractivity contribution in [3.05, 3.63) is 0 Å². The molecule has 0 aliphatic heterocycles.